The summed E-state index contributed by atoms with van der Waals surface area (Å²) >= 11 is 0. The van der Waals surface area contributed by atoms with Crippen LogP contribution in [0.1, 0.15) is 52.4 Å². The zero-order valence-electron chi connectivity index (χ0n) is 15.9. The first-order valence-electron chi connectivity index (χ1n) is 10.1. The number of rotatable bonds is 8. The van der Waals surface area contributed by atoms with Crippen LogP contribution in [0.25, 0.3) is 0 Å². The van der Waals surface area contributed by atoms with Gasteiger partial charge in [-0.1, -0.05) is 6.92 Å². The van der Waals surface area contributed by atoms with Crippen LogP contribution in [0.3, 0.4) is 0 Å². The minimum atomic E-state index is 0. The molecule has 25 heavy (non-hydrogen) atoms. The molecule has 142 valence electrons. The van der Waals surface area contributed by atoms with E-state index in [1.807, 2.05) is 0 Å². The van der Waals surface area contributed by atoms with Gasteiger partial charge in [0.2, 0.25) is 0 Å². The maximum absolute atomic E-state index is 6.14. The fraction of sp³-hybridized carbons (Fsp3) is 0.714. The van der Waals surface area contributed by atoms with E-state index in [4.69, 9.17) is 9.47 Å². The highest BCUT2D eigenvalue weighted by Crippen LogP contribution is 2.26. The van der Waals surface area contributed by atoms with Crippen LogP contribution in [0.4, 0.5) is 5.69 Å². The standard InChI is InChI=1S/C21H34N2O2.H2/c1-3-17-16-20(25-19-10-14-24-15-11-19)8-9-21(17)22-12-4-6-18-7-5-13-23(18)2;/h8-9,16,18-19,22H,3-7,10-15H2,1-2H3;1H/t18-;/m0./s1. The summed E-state index contributed by atoms with van der Waals surface area (Å²) in [5.74, 6) is 1.00. The van der Waals surface area contributed by atoms with E-state index >= 15 is 0 Å². The van der Waals surface area contributed by atoms with E-state index in [2.05, 4.69) is 42.4 Å². The highest BCUT2D eigenvalue weighted by atomic mass is 16.5. The van der Waals surface area contributed by atoms with Gasteiger partial charge in [0.15, 0.2) is 0 Å². The Labute approximate surface area is 154 Å². The third-order valence-corrected chi connectivity index (χ3v) is 5.63. The lowest BCUT2D eigenvalue weighted by atomic mass is 10.1. The number of hydrogen-bond donors (Lipinski definition) is 1. The average Bonchev–Trinajstić information content (AvgIpc) is 3.05. The smallest absolute Gasteiger partial charge is 0.120 e. The van der Waals surface area contributed by atoms with Gasteiger partial charge in [-0.05, 0) is 69.5 Å². The third kappa shape index (κ3) is 5.35. The van der Waals surface area contributed by atoms with Crippen LogP contribution >= 0.6 is 0 Å². The Morgan fingerprint density at radius 3 is 2.84 bits per heavy atom. The van der Waals surface area contributed by atoms with Gasteiger partial charge in [0.05, 0.1) is 13.2 Å². The Hall–Kier alpha value is -1.26. The molecular formula is C21H36N2O2. The monoisotopic (exact) mass is 348 g/mol. The normalized spacial score (nSPS) is 22.2. The fourth-order valence-corrected chi connectivity index (χ4v) is 4.00. The second kappa shape index (κ2) is 9.44. The molecule has 4 heteroatoms. The van der Waals surface area contributed by atoms with E-state index in [-0.39, 0.29) is 1.43 Å². The molecule has 0 spiro atoms. The Balaban J connectivity index is 0.00000243. The van der Waals surface area contributed by atoms with Crippen molar-refractivity contribution in [1.29, 1.82) is 0 Å². The molecule has 0 aliphatic carbocycles. The molecule has 4 nitrogen and oxygen atoms in total. The van der Waals surface area contributed by atoms with Crippen LogP contribution in [-0.4, -0.2) is 50.4 Å². The summed E-state index contributed by atoms with van der Waals surface area (Å²) in [6.45, 7) is 6.18. The Bertz CT molecular complexity index is 535. The van der Waals surface area contributed by atoms with E-state index in [1.54, 1.807) is 0 Å². The molecule has 1 aromatic carbocycles. The average molecular weight is 349 g/mol. The van der Waals surface area contributed by atoms with E-state index in [0.29, 0.717) is 6.10 Å². The number of likely N-dealkylation sites (tertiary alicyclic amines) is 1. The molecule has 1 aromatic rings. The summed E-state index contributed by atoms with van der Waals surface area (Å²) in [5, 5.41) is 3.64. The Morgan fingerprint density at radius 2 is 2.12 bits per heavy atom. The second-order valence-electron chi connectivity index (χ2n) is 7.45. The van der Waals surface area contributed by atoms with E-state index in [0.717, 1.165) is 50.8 Å². The van der Waals surface area contributed by atoms with Gasteiger partial charge in [0, 0.05) is 32.5 Å². The van der Waals surface area contributed by atoms with Crippen molar-refractivity contribution in [1.82, 2.24) is 4.90 Å². The molecule has 0 amide bonds. The largest absolute Gasteiger partial charge is 0.490 e. The quantitative estimate of drug-likeness (QED) is 0.709. The molecule has 1 N–H and O–H groups in total. The first-order valence-corrected chi connectivity index (χ1v) is 10.1. The number of benzene rings is 1. The molecule has 3 rings (SSSR count). The number of nitrogens with zero attached hydrogens (tertiary/aromatic N) is 1. The second-order valence-corrected chi connectivity index (χ2v) is 7.45. The number of anilines is 1. The van der Waals surface area contributed by atoms with E-state index in [1.165, 1.54) is 43.5 Å². The van der Waals surface area contributed by atoms with Gasteiger partial charge in [0.1, 0.15) is 11.9 Å². The molecule has 2 fully saturated rings. The fourth-order valence-electron chi connectivity index (χ4n) is 4.00. The van der Waals surface area contributed by atoms with Crippen molar-refractivity contribution in [3.63, 3.8) is 0 Å². The zero-order chi connectivity index (χ0) is 17.5. The summed E-state index contributed by atoms with van der Waals surface area (Å²) in [6, 6.07) is 7.31. The predicted octanol–water partition coefficient (Wildman–Crippen LogP) is 4.34. The Morgan fingerprint density at radius 1 is 1.28 bits per heavy atom. The molecule has 0 saturated carbocycles. The molecule has 0 radical (unpaired) electrons. The van der Waals surface area contributed by atoms with Crippen molar-refractivity contribution in [2.75, 3.05) is 38.7 Å². The molecule has 0 unspecified atom stereocenters. The summed E-state index contributed by atoms with van der Waals surface area (Å²) in [5.41, 5.74) is 2.61. The summed E-state index contributed by atoms with van der Waals surface area (Å²) < 4.78 is 11.6. The van der Waals surface area contributed by atoms with Gasteiger partial charge in [-0.15, -0.1) is 0 Å². The van der Waals surface area contributed by atoms with Crippen molar-refractivity contribution in [3.05, 3.63) is 23.8 Å². The molecular weight excluding hydrogens is 312 g/mol. The van der Waals surface area contributed by atoms with Crippen LogP contribution in [0, 0.1) is 0 Å². The summed E-state index contributed by atoms with van der Waals surface area (Å²) in [6.07, 6.45) is 8.60. The molecule has 2 saturated heterocycles. The van der Waals surface area contributed by atoms with Crippen LogP contribution in [0.15, 0.2) is 18.2 Å². The third-order valence-electron chi connectivity index (χ3n) is 5.63. The lowest BCUT2D eigenvalue weighted by molar-refractivity contribution is 0.0255. The number of nitrogens with one attached hydrogen (secondary N) is 1. The van der Waals surface area contributed by atoms with Gasteiger partial charge < -0.3 is 19.7 Å². The van der Waals surface area contributed by atoms with Crippen molar-refractivity contribution < 1.29 is 10.9 Å². The molecule has 1 atom stereocenters. The minimum absolute atomic E-state index is 0. The Kier molecular flexibility index (Phi) is 7.00. The maximum Gasteiger partial charge on any atom is 0.120 e. The summed E-state index contributed by atoms with van der Waals surface area (Å²) in [7, 11) is 2.26. The van der Waals surface area contributed by atoms with E-state index < -0.39 is 0 Å². The van der Waals surface area contributed by atoms with Crippen molar-refractivity contribution in [3.8, 4) is 5.75 Å². The number of aryl methyl sites for hydroxylation is 1. The maximum atomic E-state index is 6.14. The lowest BCUT2D eigenvalue weighted by Crippen LogP contribution is -2.26. The first-order chi connectivity index (χ1) is 12.3. The van der Waals surface area contributed by atoms with Crippen LogP contribution in [-0.2, 0) is 11.2 Å². The number of hydrogen-bond acceptors (Lipinski definition) is 4. The minimum Gasteiger partial charge on any atom is -0.490 e. The van der Waals surface area contributed by atoms with Gasteiger partial charge in [-0.3, -0.25) is 0 Å². The SMILES string of the molecule is CCc1cc(OC2CCOCC2)ccc1NCCC[C@H]1CCCN1C.[HH]. The highest BCUT2D eigenvalue weighted by Gasteiger charge is 2.20. The lowest BCUT2D eigenvalue weighted by Gasteiger charge is -2.24. The molecule has 2 aliphatic rings. The van der Waals surface area contributed by atoms with E-state index in [9.17, 15) is 0 Å². The van der Waals surface area contributed by atoms with Crippen LogP contribution in [0.2, 0.25) is 0 Å². The van der Waals surface area contributed by atoms with Gasteiger partial charge in [-0.2, -0.15) is 0 Å². The van der Waals surface area contributed by atoms with Crippen molar-refractivity contribution in [2.45, 2.75) is 64.0 Å². The van der Waals surface area contributed by atoms with Gasteiger partial charge in [-0.25, -0.2) is 0 Å². The molecule has 2 aliphatic heterocycles. The molecule has 2 heterocycles. The topological polar surface area (TPSA) is 33.7 Å². The van der Waals surface area contributed by atoms with Crippen LogP contribution in [0.5, 0.6) is 5.75 Å². The van der Waals surface area contributed by atoms with Gasteiger partial charge in [0.25, 0.3) is 0 Å². The van der Waals surface area contributed by atoms with Gasteiger partial charge >= 0.3 is 0 Å². The number of ether oxygens (including phenoxy) is 2. The first kappa shape index (κ1) is 18.5. The molecule has 0 aromatic heterocycles. The zero-order valence-corrected chi connectivity index (χ0v) is 15.9. The molecule has 0 bridgehead atoms. The van der Waals surface area contributed by atoms with Crippen molar-refractivity contribution >= 4 is 5.69 Å². The summed E-state index contributed by atoms with van der Waals surface area (Å²) in [4.78, 5) is 2.51. The van der Waals surface area contributed by atoms with Crippen molar-refractivity contribution in [2.24, 2.45) is 0 Å². The predicted molar refractivity (Wildman–Crippen MR) is 106 cm³/mol. The van der Waals surface area contributed by atoms with Crippen LogP contribution < -0.4 is 10.1 Å². The highest BCUT2D eigenvalue weighted by molar-refractivity contribution is 5.54.